The Labute approximate surface area is 163 Å². The first kappa shape index (κ1) is 28.0. The third-order valence-corrected chi connectivity index (χ3v) is 4.83. The lowest BCUT2D eigenvalue weighted by Crippen LogP contribution is -2.08. The summed E-state index contributed by atoms with van der Waals surface area (Å²) in [6, 6.07) is 0. The molecule has 1 N–H and O–H groups in total. The molecule has 0 aliphatic rings. The van der Waals surface area contributed by atoms with Crippen LogP contribution in [0.3, 0.4) is 0 Å². The lowest BCUT2D eigenvalue weighted by atomic mass is 10.0. The summed E-state index contributed by atoms with van der Waals surface area (Å²) in [5.74, 6) is 0. The van der Waals surface area contributed by atoms with Crippen molar-refractivity contribution >= 4 is 10.4 Å². The van der Waals surface area contributed by atoms with Gasteiger partial charge in [0.15, 0.2) is 0 Å². The molecule has 0 bridgehead atoms. The smallest absolute Gasteiger partial charge is 0.310 e. The van der Waals surface area contributed by atoms with Crippen molar-refractivity contribution < 1.29 is 17.2 Å². The molecule has 0 radical (unpaired) electrons. The quantitative estimate of drug-likeness (QED) is 0.247. The second-order valence-corrected chi connectivity index (χ2v) is 8.33. The highest BCUT2D eigenvalue weighted by atomic mass is 32.3. The van der Waals surface area contributed by atoms with Crippen LogP contribution in [0.5, 0.6) is 0 Å². The molecule has 0 saturated carbocycles. The average Bonchev–Trinajstić information content (AvgIpc) is 2.58. The van der Waals surface area contributed by atoms with E-state index in [0.29, 0.717) is 6.42 Å². The van der Waals surface area contributed by atoms with E-state index in [2.05, 4.69) is 37.0 Å². The molecular weight excluding hydrogens is 350 g/mol. The fraction of sp³-hybridized carbons (Fsp3) is 1.00. The van der Waals surface area contributed by atoms with Crippen LogP contribution >= 0.6 is 0 Å². The van der Waals surface area contributed by atoms with Crippen LogP contribution in [0, 0.1) is 0 Å². The van der Waals surface area contributed by atoms with Gasteiger partial charge in [0.05, 0.1) is 6.61 Å². The topological polar surface area (TPSA) is 66.8 Å². The summed E-state index contributed by atoms with van der Waals surface area (Å²) in [5.41, 5.74) is 0. The van der Waals surface area contributed by atoms with Gasteiger partial charge in [0.2, 0.25) is 0 Å². The first-order valence-electron chi connectivity index (χ1n) is 10.6. The first-order valence-corrected chi connectivity index (χ1v) is 12.0. The van der Waals surface area contributed by atoms with Gasteiger partial charge in [-0.3, -0.25) is 4.55 Å². The predicted octanol–water partition coefficient (Wildman–Crippen LogP) is 5.86. The van der Waals surface area contributed by atoms with Crippen molar-refractivity contribution in [2.75, 3.05) is 27.2 Å². The molecule has 5 nitrogen and oxygen atoms in total. The number of unbranched alkanes of at least 4 members (excludes halogenated alkanes) is 13. The molecule has 0 amide bonds. The van der Waals surface area contributed by atoms with Crippen LogP contribution < -0.4 is 0 Å². The zero-order chi connectivity index (χ0) is 20.1. The summed E-state index contributed by atoms with van der Waals surface area (Å²) in [6.07, 6.45) is 17.6. The van der Waals surface area contributed by atoms with Crippen LogP contribution in [-0.2, 0) is 14.6 Å². The second kappa shape index (κ2) is 21.1. The molecule has 0 fully saturated rings. The van der Waals surface area contributed by atoms with Gasteiger partial charge in [-0.25, -0.2) is 4.18 Å². The SMILES string of the molecule is CCCCCCCCCCCCCCCCOS(=O)(=O)O.CCN(C)C. The molecule has 0 aromatic heterocycles. The first-order chi connectivity index (χ1) is 12.3. The molecular formula is C20H45NO4S. The third-order valence-electron chi connectivity index (χ3n) is 4.36. The fourth-order valence-corrected chi connectivity index (χ4v) is 2.79. The average molecular weight is 396 g/mol. The molecule has 0 heterocycles. The van der Waals surface area contributed by atoms with Gasteiger partial charge in [-0.05, 0) is 27.1 Å². The van der Waals surface area contributed by atoms with Crippen LogP contribution in [-0.4, -0.2) is 45.1 Å². The molecule has 0 unspecified atom stereocenters. The zero-order valence-corrected chi connectivity index (χ0v) is 18.7. The lowest BCUT2D eigenvalue weighted by Gasteiger charge is -2.03. The highest BCUT2D eigenvalue weighted by molar-refractivity contribution is 7.80. The number of nitrogens with zero attached hydrogens (tertiary/aromatic N) is 1. The van der Waals surface area contributed by atoms with E-state index in [-0.39, 0.29) is 6.61 Å². The van der Waals surface area contributed by atoms with E-state index in [9.17, 15) is 8.42 Å². The van der Waals surface area contributed by atoms with E-state index in [1.165, 1.54) is 70.6 Å². The summed E-state index contributed by atoms with van der Waals surface area (Å²) >= 11 is 0. The maximum Gasteiger partial charge on any atom is 0.397 e. The highest BCUT2D eigenvalue weighted by Gasteiger charge is 2.02. The Balaban J connectivity index is 0. The lowest BCUT2D eigenvalue weighted by molar-refractivity contribution is 0.261. The van der Waals surface area contributed by atoms with Gasteiger partial charge < -0.3 is 4.90 Å². The van der Waals surface area contributed by atoms with E-state index in [1.54, 1.807) is 0 Å². The van der Waals surface area contributed by atoms with Crippen LogP contribution in [0.2, 0.25) is 0 Å². The van der Waals surface area contributed by atoms with Crippen molar-refractivity contribution in [1.82, 2.24) is 4.90 Å². The van der Waals surface area contributed by atoms with Gasteiger partial charge in [-0.15, -0.1) is 0 Å². The van der Waals surface area contributed by atoms with Gasteiger partial charge in [0.1, 0.15) is 0 Å². The summed E-state index contributed by atoms with van der Waals surface area (Å²) in [7, 11) is -0.131. The third kappa shape index (κ3) is 31.6. The molecule has 0 aliphatic heterocycles. The van der Waals surface area contributed by atoms with Gasteiger partial charge in [-0.1, -0.05) is 97.3 Å². The normalized spacial score (nSPS) is 11.5. The van der Waals surface area contributed by atoms with E-state index < -0.39 is 10.4 Å². The molecule has 26 heavy (non-hydrogen) atoms. The molecule has 0 aromatic carbocycles. The van der Waals surface area contributed by atoms with E-state index in [4.69, 9.17) is 4.55 Å². The molecule has 6 heteroatoms. The molecule has 0 spiro atoms. The van der Waals surface area contributed by atoms with Crippen molar-refractivity contribution in [2.24, 2.45) is 0 Å². The number of hydrogen-bond acceptors (Lipinski definition) is 4. The Kier molecular flexibility index (Phi) is 22.8. The standard InChI is InChI=1S/C16H34O4S.C4H11N/c1-2-3-4-5-6-7-8-9-10-11-12-13-14-15-16-20-21(17,18)19;1-4-5(2)3/h2-16H2,1H3,(H,17,18,19);4H2,1-3H3. The molecule has 0 rings (SSSR count). The van der Waals surface area contributed by atoms with Crippen LogP contribution in [0.1, 0.15) is 104 Å². The predicted molar refractivity (Wildman–Crippen MR) is 112 cm³/mol. The molecule has 0 aromatic rings. The van der Waals surface area contributed by atoms with Crippen molar-refractivity contribution in [3.63, 3.8) is 0 Å². The Hall–Kier alpha value is -0.170. The van der Waals surface area contributed by atoms with Crippen molar-refractivity contribution in [2.45, 2.75) is 104 Å². The number of rotatable bonds is 17. The van der Waals surface area contributed by atoms with Gasteiger partial charge in [0.25, 0.3) is 0 Å². The minimum absolute atomic E-state index is 0.0941. The van der Waals surface area contributed by atoms with Crippen LogP contribution in [0.4, 0.5) is 0 Å². The maximum atomic E-state index is 10.3. The minimum Gasteiger partial charge on any atom is -0.310 e. The van der Waals surface area contributed by atoms with Crippen molar-refractivity contribution in [1.29, 1.82) is 0 Å². The summed E-state index contributed by atoms with van der Waals surface area (Å²) < 4.78 is 33.2. The Bertz CT molecular complexity index is 359. The summed E-state index contributed by atoms with van der Waals surface area (Å²) in [6.45, 7) is 5.61. The summed E-state index contributed by atoms with van der Waals surface area (Å²) in [5, 5.41) is 0. The Morgan fingerprint density at radius 1 is 0.692 bits per heavy atom. The molecule has 0 atom stereocenters. The van der Waals surface area contributed by atoms with Gasteiger partial charge >= 0.3 is 10.4 Å². The largest absolute Gasteiger partial charge is 0.397 e. The van der Waals surface area contributed by atoms with Crippen LogP contribution in [0.15, 0.2) is 0 Å². The Morgan fingerprint density at radius 2 is 1.00 bits per heavy atom. The Morgan fingerprint density at radius 3 is 1.27 bits per heavy atom. The minimum atomic E-state index is -4.24. The van der Waals surface area contributed by atoms with Crippen molar-refractivity contribution in [3.8, 4) is 0 Å². The fourth-order valence-electron chi connectivity index (χ4n) is 2.46. The van der Waals surface area contributed by atoms with Crippen LogP contribution in [0.25, 0.3) is 0 Å². The van der Waals surface area contributed by atoms with E-state index in [0.717, 1.165) is 19.4 Å². The van der Waals surface area contributed by atoms with E-state index >= 15 is 0 Å². The van der Waals surface area contributed by atoms with Gasteiger partial charge in [0, 0.05) is 0 Å². The number of hydrogen-bond donors (Lipinski definition) is 1. The molecule has 0 saturated heterocycles. The van der Waals surface area contributed by atoms with E-state index in [1.807, 2.05) is 0 Å². The maximum absolute atomic E-state index is 10.3. The molecule has 0 aliphatic carbocycles. The van der Waals surface area contributed by atoms with Gasteiger partial charge in [-0.2, -0.15) is 8.42 Å². The molecule has 160 valence electrons. The van der Waals surface area contributed by atoms with Crippen molar-refractivity contribution in [3.05, 3.63) is 0 Å². The zero-order valence-electron chi connectivity index (χ0n) is 17.8. The second-order valence-electron chi connectivity index (χ2n) is 7.24. The monoisotopic (exact) mass is 395 g/mol. The summed E-state index contributed by atoms with van der Waals surface area (Å²) in [4.78, 5) is 2.12. The highest BCUT2D eigenvalue weighted by Crippen LogP contribution is 2.12.